The van der Waals surface area contributed by atoms with Crippen LogP contribution in [-0.4, -0.2) is 17.0 Å². The number of carbonyl (C=O) groups excluding carboxylic acids is 1. The Hall–Kier alpha value is -1.62. The predicted molar refractivity (Wildman–Crippen MR) is 70.6 cm³/mol. The third-order valence-electron chi connectivity index (χ3n) is 2.51. The number of carboxylic acids is 1. The molecule has 1 atom stereocenters. The van der Waals surface area contributed by atoms with Crippen LogP contribution in [0.25, 0.3) is 0 Å². The maximum Gasteiger partial charge on any atom is 0.316 e. The molecule has 4 nitrogen and oxygen atoms in total. The molecule has 0 fully saturated rings. The Balaban J connectivity index is 2.97. The lowest BCUT2D eigenvalue weighted by Crippen LogP contribution is -2.39. The molecule has 0 bridgehead atoms. The maximum absolute atomic E-state index is 13.1. The van der Waals surface area contributed by atoms with Gasteiger partial charge in [-0.05, 0) is 23.6 Å². The summed E-state index contributed by atoms with van der Waals surface area (Å²) < 4.78 is 13.1. The molecule has 2 N–H and O–H groups in total. The second-order valence-corrected chi connectivity index (χ2v) is 5.72. The van der Waals surface area contributed by atoms with Gasteiger partial charge in [0.05, 0.1) is 0 Å². The van der Waals surface area contributed by atoms with Crippen LogP contribution in [0.3, 0.4) is 0 Å². The monoisotopic (exact) mass is 287 g/mol. The number of benzene rings is 1. The van der Waals surface area contributed by atoms with Crippen molar-refractivity contribution >= 4 is 29.2 Å². The summed E-state index contributed by atoms with van der Waals surface area (Å²) in [5.41, 5.74) is -0.627. The minimum Gasteiger partial charge on any atom is -0.481 e. The number of aliphatic carboxylic acids is 1. The van der Waals surface area contributed by atoms with E-state index in [2.05, 4.69) is 5.32 Å². The first-order valence-corrected chi connectivity index (χ1v) is 5.99. The van der Waals surface area contributed by atoms with Gasteiger partial charge in [-0.3, -0.25) is 9.59 Å². The highest BCUT2D eigenvalue weighted by Crippen LogP contribution is 2.28. The van der Waals surface area contributed by atoms with Gasteiger partial charge in [-0.15, -0.1) is 0 Å². The number of amides is 1. The molecule has 0 aliphatic rings. The molecule has 0 radical (unpaired) electrons. The van der Waals surface area contributed by atoms with Crippen molar-refractivity contribution in [2.45, 2.75) is 20.8 Å². The maximum atomic E-state index is 13.1. The highest BCUT2D eigenvalue weighted by Gasteiger charge is 2.37. The number of hydrogen-bond donors (Lipinski definition) is 2. The van der Waals surface area contributed by atoms with E-state index in [4.69, 9.17) is 16.7 Å². The largest absolute Gasteiger partial charge is 0.481 e. The van der Waals surface area contributed by atoms with E-state index in [0.717, 1.165) is 12.1 Å². The van der Waals surface area contributed by atoms with Gasteiger partial charge in [0, 0.05) is 10.7 Å². The fourth-order valence-electron chi connectivity index (χ4n) is 1.72. The topological polar surface area (TPSA) is 66.4 Å². The lowest BCUT2D eigenvalue weighted by Gasteiger charge is -2.25. The molecule has 1 unspecified atom stereocenters. The molecule has 1 amide bonds. The molecule has 0 saturated heterocycles. The summed E-state index contributed by atoms with van der Waals surface area (Å²) in [5.74, 6) is -3.78. The normalized spacial score (nSPS) is 12.9. The summed E-state index contributed by atoms with van der Waals surface area (Å²) in [7, 11) is 0. The van der Waals surface area contributed by atoms with Crippen molar-refractivity contribution in [2.24, 2.45) is 11.3 Å². The number of rotatable bonds is 3. The number of halogens is 2. The molecule has 0 aliphatic heterocycles. The number of hydrogen-bond acceptors (Lipinski definition) is 2. The van der Waals surface area contributed by atoms with Crippen LogP contribution in [0, 0.1) is 17.2 Å². The molecule has 104 valence electrons. The van der Waals surface area contributed by atoms with E-state index in [9.17, 15) is 14.0 Å². The van der Waals surface area contributed by atoms with Gasteiger partial charge in [-0.1, -0.05) is 32.4 Å². The number of nitrogens with one attached hydrogen (secondary N) is 1. The standard InChI is InChI=1S/C13H15ClFNO3/c1-13(2,3)10(12(18)19)11(17)16-9-5-7(14)4-8(15)6-9/h4-6,10H,1-3H3,(H,16,17)(H,18,19). The van der Waals surface area contributed by atoms with Gasteiger partial charge in [0.2, 0.25) is 5.91 Å². The SMILES string of the molecule is CC(C)(C)C(C(=O)O)C(=O)Nc1cc(F)cc(Cl)c1. The molecule has 0 aliphatic carbocycles. The molecule has 0 spiro atoms. The summed E-state index contributed by atoms with van der Waals surface area (Å²) in [4.78, 5) is 23.1. The Bertz CT molecular complexity index is 491. The van der Waals surface area contributed by atoms with Crippen LogP contribution in [0.2, 0.25) is 5.02 Å². The highest BCUT2D eigenvalue weighted by atomic mass is 35.5. The van der Waals surface area contributed by atoms with Crippen molar-refractivity contribution < 1.29 is 19.1 Å². The highest BCUT2D eigenvalue weighted by molar-refractivity contribution is 6.31. The minimum atomic E-state index is -1.24. The summed E-state index contributed by atoms with van der Waals surface area (Å²) >= 11 is 5.66. The molecule has 1 aromatic rings. The zero-order chi connectivity index (χ0) is 14.8. The molecule has 1 rings (SSSR count). The van der Waals surface area contributed by atoms with Gasteiger partial charge in [-0.2, -0.15) is 0 Å². The summed E-state index contributed by atoms with van der Waals surface area (Å²) in [6, 6.07) is 3.52. The van der Waals surface area contributed by atoms with Crippen LogP contribution < -0.4 is 5.32 Å². The van der Waals surface area contributed by atoms with E-state index in [1.165, 1.54) is 6.07 Å². The fourth-order valence-corrected chi connectivity index (χ4v) is 1.94. The fraction of sp³-hybridized carbons (Fsp3) is 0.385. The summed E-state index contributed by atoms with van der Waals surface area (Å²) in [5, 5.41) is 11.6. The first-order chi connectivity index (χ1) is 8.61. The molecular formula is C13H15ClFNO3. The van der Waals surface area contributed by atoms with Crippen LogP contribution in [0.15, 0.2) is 18.2 Å². The molecule has 6 heteroatoms. The van der Waals surface area contributed by atoms with Crippen molar-refractivity contribution in [3.8, 4) is 0 Å². The van der Waals surface area contributed by atoms with Crippen molar-refractivity contribution in [1.29, 1.82) is 0 Å². The Morgan fingerprint density at radius 2 is 1.89 bits per heavy atom. The average molecular weight is 288 g/mol. The molecule has 0 aromatic heterocycles. The van der Waals surface area contributed by atoms with E-state index in [0.29, 0.717) is 0 Å². The lowest BCUT2D eigenvalue weighted by atomic mass is 9.80. The Morgan fingerprint density at radius 1 is 1.32 bits per heavy atom. The van der Waals surface area contributed by atoms with Gasteiger partial charge in [0.25, 0.3) is 0 Å². The van der Waals surface area contributed by atoms with E-state index in [1.54, 1.807) is 20.8 Å². The van der Waals surface area contributed by atoms with Crippen molar-refractivity contribution in [3.05, 3.63) is 29.0 Å². The molecule has 19 heavy (non-hydrogen) atoms. The molecule has 0 heterocycles. The summed E-state index contributed by atoms with van der Waals surface area (Å²) in [6.07, 6.45) is 0. The number of carbonyl (C=O) groups is 2. The zero-order valence-electron chi connectivity index (χ0n) is 10.8. The molecular weight excluding hydrogens is 273 g/mol. The van der Waals surface area contributed by atoms with Gasteiger partial charge in [0.1, 0.15) is 11.7 Å². The first-order valence-electron chi connectivity index (χ1n) is 5.61. The lowest BCUT2D eigenvalue weighted by molar-refractivity contribution is -0.149. The van der Waals surface area contributed by atoms with E-state index >= 15 is 0 Å². The van der Waals surface area contributed by atoms with Crippen molar-refractivity contribution in [3.63, 3.8) is 0 Å². The molecule has 0 saturated carbocycles. The summed E-state index contributed by atoms with van der Waals surface area (Å²) in [6.45, 7) is 4.93. The van der Waals surface area contributed by atoms with Crippen LogP contribution in [0.1, 0.15) is 20.8 Å². The van der Waals surface area contributed by atoms with E-state index < -0.39 is 29.0 Å². The third-order valence-corrected chi connectivity index (χ3v) is 2.72. The third kappa shape index (κ3) is 4.21. The Morgan fingerprint density at radius 3 is 2.32 bits per heavy atom. The van der Waals surface area contributed by atoms with E-state index in [1.807, 2.05) is 0 Å². The Labute approximate surface area is 115 Å². The second-order valence-electron chi connectivity index (χ2n) is 5.28. The first kappa shape index (κ1) is 15.4. The van der Waals surface area contributed by atoms with Crippen LogP contribution in [0.4, 0.5) is 10.1 Å². The van der Waals surface area contributed by atoms with Crippen LogP contribution in [-0.2, 0) is 9.59 Å². The quantitative estimate of drug-likeness (QED) is 0.839. The second kappa shape index (κ2) is 5.57. The van der Waals surface area contributed by atoms with Crippen LogP contribution in [0.5, 0.6) is 0 Å². The van der Waals surface area contributed by atoms with Crippen molar-refractivity contribution in [1.82, 2.24) is 0 Å². The average Bonchev–Trinajstić information content (AvgIpc) is 2.10. The van der Waals surface area contributed by atoms with Gasteiger partial charge < -0.3 is 10.4 Å². The predicted octanol–water partition coefficient (Wildman–Crippen LogP) is 3.16. The van der Waals surface area contributed by atoms with Gasteiger partial charge >= 0.3 is 5.97 Å². The van der Waals surface area contributed by atoms with Crippen molar-refractivity contribution in [2.75, 3.05) is 5.32 Å². The Kier molecular flexibility index (Phi) is 4.52. The minimum absolute atomic E-state index is 0.123. The molecule has 1 aromatic carbocycles. The number of carboxylic acid groups (broad SMARTS) is 1. The van der Waals surface area contributed by atoms with Crippen LogP contribution >= 0.6 is 11.6 Å². The van der Waals surface area contributed by atoms with Gasteiger partial charge in [0.15, 0.2) is 0 Å². The zero-order valence-corrected chi connectivity index (χ0v) is 11.6. The number of anilines is 1. The smallest absolute Gasteiger partial charge is 0.316 e. The van der Waals surface area contributed by atoms with Gasteiger partial charge in [-0.25, -0.2) is 4.39 Å². The van der Waals surface area contributed by atoms with E-state index in [-0.39, 0.29) is 10.7 Å².